The summed E-state index contributed by atoms with van der Waals surface area (Å²) in [5.41, 5.74) is 0.923. The molecule has 0 saturated heterocycles. The van der Waals surface area contributed by atoms with E-state index in [0.717, 1.165) is 36.4 Å². The van der Waals surface area contributed by atoms with Crippen LogP contribution in [0.4, 0.5) is 5.69 Å². The van der Waals surface area contributed by atoms with Gasteiger partial charge in [0.25, 0.3) is 10.0 Å². The molecule has 1 N–H and O–H groups in total. The molecule has 1 aliphatic rings. The molecule has 3 aromatic carbocycles. The smallest absolute Gasteiger partial charge is 0.264 e. The number of sulfonamides is 1. The molecule has 1 fully saturated rings. The first-order valence-electron chi connectivity index (χ1n) is 14.5. The zero-order chi connectivity index (χ0) is 31.9. The fourth-order valence-corrected chi connectivity index (χ4v) is 7.12. The molecule has 1 atom stereocenters. The van der Waals surface area contributed by atoms with Crippen molar-refractivity contribution in [3.63, 3.8) is 0 Å². The second-order valence-corrected chi connectivity index (χ2v) is 14.3. The van der Waals surface area contributed by atoms with Crippen LogP contribution in [0.5, 0.6) is 5.75 Å². The predicted octanol–water partition coefficient (Wildman–Crippen LogP) is 7.22. The Labute approximate surface area is 277 Å². The van der Waals surface area contributed by atoms with E-state index in [1.165, 1.54) is 17.0 Å². The van der Waals surface area contributed by atoms with Crippen LogP contribution in [-0.4, -0.2) is 50.4 Å². The summed E-state index contributed by atoms with van der Waals surface area (Å²) in [7, 11) is -4.19. The SMILES string of the molecule is CCOc1ccc(N(CC(=O)N(Cc2ccc(Cl)c(Cl)c2)C(C)C(=O)NC2CCCCC2)S(=O)(=O)c2ccc(Br)cc2)cc1. The largest absolute Gasteiger partial charge is 0.494 e. The fourth-order valence-electron chi connectivity index (χ4n) is 5.12. The lowest BCUT2D eigenvalue weighted by Gasteiger charge is -2.33. The molecule has 1 aliphatic carbocycles. The number of carbonyl (C=O) groups is 2. The number of rotatable bonds is 12. The average molecular weight is 726 g/mol. The first-order chi connectivity index (χ1) is 21.0. The zero-order valence-corrected chi connectivity index (χ0v) is 28.6. The minimum atomic E-state index is -4.19. The highest BCUT2D eigenvalue weighted by Crippen LogP contribution is 2.28. The number of benzene rings is 3. The number of nitrogens with one attached hydrogen (secondary N) is 1. The number of amides is 2. The molecule has 1 saturated carbocycles. The summed E-state index contributed by atoms with van der Waals surface area (Å²) < 4.78 is 35.3. The molecule has 1 unspecified atom stereocenters. The molecule has 4 rings (SSSR count). The zero-order valence-electron chi connectivity index (χ0n) is 24.6. The second kappa shape index (κ2) is 15.5. The van der Waals surface area contributed by atoms with Gasteiger partial charge in [-0.25, -0.2) is 8.42 Å². The number of carbonyl (C=O) groups excluding carboxylic acids is 2. The molecule has 236 valence electrons. The van der Waals surface area contributed by atoms with Gasteiger partial charge in [-0.3, -0.25) is 13.9 Å². The molecule has 0 spiro atoms. The summed E-state index contributed by atoms with van der Waals surface area (Å²) in [5.74, 6) is -0.288. The van der Waals surface area contributed by atoms with E-state index in [4.69, 9.17) is 27.9 Å². The van der Waals surface area contributed by atoms with Crippen molar-refractivity contribution in [2.45, 2.75) is 69.5 Å². The van der Waals surface area contributed by atoms with Crippen molar-refractivity contribution in [1.82, 2.24) is 10.2 Å². The Morgan fingerprint density at radius 1 is 0.977 bits per heavy atom. The van der Waals surface area contributed by atoms with Crippen molar-refractivity contribution in [3.8, 4) is 5.75 Å². The van der Waals surface area contributed by atoms with Crippen LogP contribution >= 0.6 is 39.1 Å². The quantitative estimate of drug-likeness (QED) is 0.213. The van der Waals surface area contributed by atoms with Gasteiger partial charge in [-0.1, -0.05) is 64.5 Å². The van der Waals surface area contributed by atoms with Crippen LogP contribution in [0.2, 0.25) is 10.0 Å². The molecule has 0 aliphatic heterocycles. The first-order valence-corrected chi connectivity index (χ1v) is 17.5. The highest BCUT2D eigenvalue weighted by Gasteiger charge is 2.33. The maximum absolute atomic E-state index is 14.2. The standard InChI is InChI=1S/C32H36BrCl2N3O5S/c1-3-43-27-14-12-26(13-15-27)38(44(41,42)28-16-10-24(33)11-17-28)21-31(39)37(20-23-9-18-29(34)30(35)19-23)22(2)32(40)36-25-7-5-4-6-8-25/h9-19,22,25H,3-8,20-21H2,1-2H3,(H,36,40). The van der Waals surface area contributed by atoms with Gasteiger partial charge in [0.05, 0.1) is 27.2 Å². The van der Waals surface area contributed by atoms with Crippen molar-refractivity contribution in [2.75, 3.05) is 17.5 Å². The Balaban J connectivity index is 1.69. The third-order valence-corrected chi connectivity index (χ3v) is 10.6. The normalized spacial score (nSPS) is 14.5. The van der Waals surface area contributed by atoms with Gasteiger partial charge in [-0.15, -0.1) is 0 Å². The number of hydrogen-bond acceptors (Lipinski definition) is 5. The summed E-state index contributed by atoms with van der Waals surface area (Å²) in [4.78, 5) is 29.0. The molecule has 44 heavy (non-hydrogen) atoms. The summed E-state index contributed by atoms with van der Waals surface area (Å²) >= 11 is 15.7. The molecule has 0 aromatic heterocycles. The van der Waals surface area contributed by atoms with Gasteiger partial charge >= 0.3 is 0 Å². The summed E-state index contributed by atoms with van der Waals surface area (Å²) in [5, 5.41) is 3.76. The lowest BCUT2D eigenvalue weighted by Crippen LogP contribution is -2.53. The van der Waals surface area contributed by atoms with Crippen molar-refractivity contribution < 1.29 is 22.7 Å². The van der Waals surface area contributed by atoms with Gasteiger partial charge < -0.3 is 15.0 Å². The third-order valence-electron chi connectivity index (χ3n) is 7.57. The van der Waals surface area contributed by atoms with E-state index in [1.807, 2.05) is 6.92 Å². The van der Waals surface area contributed by atoms with Crippen LogP contribution < -0.4 is 14.4 Å². The number of hydrogen-bond donors (Lipinski definition) is 1. The molecular weight excluding hydrogens is 689 g/mol. The Hall–Kier alpha value is -2.79. The van der Waals surface area contributed by atoms with E-state index < -0.39 is 28.5 Å². The Morgan fingerprint density at radius 2 is 1.64 bits per heavy atom. The van der Waals surface area contributed by atoms with Gasteiger partial charge in [-0.05, 0) is 92.9 Å². The highest BCUT2D eigenvalue weighted by molar-refractivity contribution is 9.10. The molecule has 0 radical (unpaired) electrons. The Morgan fingerprint density at radius 3 is 2.25 bits per heavy atom. The van der Waals surface area contributed by atoms with Crippen LogP contribution in [0.1, 0.15) is 51.5 Å². The maximum Gasteiger partial charge on any atom is 0.264 e. The maximum atomic E-state index is 14.2. The topological polar surface area (TPSA) is 96.0 Å². The van der Waals surface area contributed by atoms with Gasteiger partial charge in [0, 0.05) is 17.1 Å². The van der Waals surface area contributed by atoms with Crippen molar-refractivity contribution in [2.24, 2.45) is 0 Å². The number of anilines is 1. The van der Waals surface area contributed by atoms with Gasteiger partial charge in [0.1, 0.15) is 18.3 Å². The summed E-state index contributed by atoms with van der Waals surface area (Å²) in [6, 6.07) is 16.8. The minimum Gasteiger partial charge on any atom is -0.494 e. The summed E-state index contributed by atoms with van der Waals surface area (Å²) in [6.07, 6.45) is 4.98. The van der Waals surface area contributed by atoms with Crippen LogP contribution in [0, 0.1) is 0 Å². The number of ether oxygens (including phenoxy) is 1. The van der Waals surface area contributed by atoms with E-state index in [1.54, 1.807) is 61.5 Å². The molecule has 2 amide bonds. The minimum absolute atomic E-state index is 0.0153. The molecule has 0 bridgehead atoms. The van der Waals surface area contributed by atoms with Crippen LogP contribution in [0.3, 0.4) is 0 Å². The molecule has 3 aromatic rings. The summed E-state index contributed by atoms with van der Waals surface area (Å²) in [6.45, 7) is 3.42. The van der Waals surface area contributed by atoms with Gasteiger partial charge in [-0.2, -0.15) is 0 Å². The first kappa shape index (κ1) is 34.1. The molecular formula is C32H36BrCl2N3O5S. The highest BCUT2D eigenvalue weighted by atomic mass is 79.9. The van der Waals surface area contributed by atoms with Crippen LogP contribution in [0.15, 0.2) is 76.1 Å². The second-order valence-electron chi connectivity index (χ2n) is 10.7. The fraction of sp³-hybridized carbons (Fsp3) is 0.375. The van der Waals surface area contributed by atoms with Crippen LogP contribution in [-0.2, 0) is 26.2 Å². The molecule has 0 heterocycles. The van der Waals surface area contributed by atoms with E-state index in [9.17, 15) is 18.0 Å². The van der Waals surface area contributed by atoms with Crippen LogP contribution in [0.25, 0.3) is 0 Å². The van der Waals surface area contributed by atoms with Gasteiger partial charge in [0.2, 0.25) is 11.8 Å². The van der Waals surface area contributed by atoms with Crippen molar-refractivity contribution in [1.29, 1.82) is 0 Å². The predicted molar refractivity (Wildman–Crippen MR) is 178 cm³/mol. The lowest BCUT2D eigenvalue weighted by atomic mass is 9.95. The van der Waals surface area contributed by atoms with Crippen molar-refractivity contribution >= 4 is 66.7 Å². The van der Waals surface area contributed by atoms with E-state index in [2.05, 4.69) is 21.2 Å². The van der Waals surface area contributed by atoms with E-state index in [-0.39, 0.29) is 29.1 Å². The lowest BCUT2D eigenvalue weighted by molar-refractivity contribution is -0.139. The Bertz CT molecular complexity index is 1550. The van der Waals surface area contributed by atoms with Crippen molar-refractivity contribution in [3.05, 3.63) is 86.8 Å². The average Bonchev–Trinajstić information content (AvgIpc) is 3.01. The monoisotopic (exact) mass is 723 g/mol. The molecule has 8 nitrogen and oxygen atoms in total. The van der Waals surface area contributed by atoms with E-state index >= 15 is 0 Å². The number of halogens is 3. The van der Waals surface area contributed by atoms with Gasteiger partial charge in [0.15, 0.2) is 0 Å². The third kappa shape index (κ3) is 8.68. The Kier molecular flexibility index (Phi) is 12.0. The molecule has 12 heteroatoms. The van der Waals surface area contributed by atoms with E-state index in [0.29, 0.717) is 32.4 Å². The number of nitrogens with zero attached hydrogens (tertiary/aromatic N) is 2.